The molecule has 1 heterocycles. The van der Waals surface area contributed by atoms with E-state index < -0.39 is 0 Å². The zero-order valence-electron chi connectivity index (χ0n) is 11.7. The van der Waals surface area contributed by atoms with Gasteiger partial charge in [-0.05, 0) is 17.7 Å². The summed E-state index contributed by atoms with van der Waals surface area (Å²) in [6.45, 7) is 0.839. The Kier molecular flexibility index (Phi) is 3.92. The zero-order chi connectivity index (χ0) is 14.5. The summed E-state index contributed by atoms with van der Waals surface area (Å²) in [4.78, 5) is 4.42. The molecule has 0 fully saturated rings. The highest BCUT2D eigenvalue weighted by atomic mass is 16.3. The van der Waals surface area contributed by atoms with Crippen LogP contribution in [0, 0.1) is 0 Å². The van der Waals surface area contributed by atoms with Crippen LogP contribution in [0.25, 0.3) is 0 Å². The molecule has 0 radical (unpaired) electrons. The molecule has 0 saturated carbocycles. The van der Waals surface area contributed by atoms with Crippen molar-refractivity contribution in [2.75, 3.05) is 0 Å². The Balaban J connectivity index is 1.75. The third-order valence-corrected chi connectivity index (χ3v) is 3.34. The monoisotopic (exact) mass is 277 g/mol. The summed E-state index contributed by atoms with van der Waals surface area (Å²) in [6, 6.07) is 17.6. The number of phenols is 1. The molecule has 0 amide bonds. The van der Waals surface area contributed by atoms with Crippen LogP contribution in [0.5, 0.6) is 5.75 Å². The van der Waals surface area contributed by atoms with Crippen LogP contribution in [0.1, 0.15) is 16.8 Å². The Labute approximate surface area is 124 Å². The summed E-state index contributed by atoms with van der Waals surface area (Å²) < 4.78 is 2.14. The Morgan fingerprint density at radius 2 is 1.67 bits per heavy atom. The van der Waals surface area contributed by atoms with Crippen molar-refractivity contribution in [2.45, 2.75) is 13.0 Å². The predicted octanol–water partition coefficient (Wildman–Crippen LogP) is 2.71. The van der Waals surface area contributed by atoms with Gasteiger partial charge in [-0.25, -0.2) is 4.98 Å². The minimum Gasteiger partial charge on any atom is -0.508 e. The van der Waals surface area contributed by atoms with Crippen LogP contribution in [0.2, 0.25) is 0 Å². The number of phenolic OH excluding ortho intramolecular Hbond substituents is 1. The number of benzene rings is 2. The fourth-order valence-corrected chi connectivity index (χ4v) is 2.29. The normalized spacial score (nSPS) is 10.5. The standard InChI is InChI=1S/C18H16N2O/c21-18-8-6-15(7-9-18)12-17-14-20(11-10-19-17)13-16-4-2-1-3-5-16/h1-11,14H,12-13H2/p+1. The average molecular weight is 277 g/mol. The SMILES string of the molecule is Oc1ccc(Cc2c[n+](Cc3ccccc3)ccn2)cc1. The topological polar surface area (TPSA) is 37.0 Å². The van der Waals surface area contributed by atoms with Gasteiger partial charge in [0.2, 0.25) is 0 Å². The van der Waals surface area contributed by atoms with E-state index in [1.54, 1.807) is 12.1 Å². The van der Waals surface area contributed by atoms with Crippen molar-refractivity contribution in [2.24, 2.45) is 0 Å². The van der Waals surface area contributed by atoms with Crippen molar-refractivity contribution in [1.29, 1.82) is 0 Å². The molecular formula is C18H17N2O+. The minimum absolute atomic E-state index is 0.291. The van der Waals surface area contributed by atoms with Crippen LogP contribution in [-0.4, -0.2) is 10.1 Å². The van der Waals surface area contributed by atoms with Gasteiger partial charge in [0.05, 0.1) is 6.20 Å². The van der Waals surface area contributed by atoms with Gasteiger partial charge in [0.1, 0.15) is 11.4 Å². The van der Waals surface area contributed by atoms with E-state index in [9.17, 15) is 5.11 Å². The van der Waals surface area contributed by atoms with E-state index in [1.807, 2.05) is 30.6 Å². The highest BCUT2D eigenvalue weighted by Crippen LogP contribution is 2.12. The minimum atomic E-state index is 0.291. The second-order valence-electron chi connectivity index (χ2n) is 5.05. The molecule has 0 aliphatic rings. The molecule has 3 rings (SSSR count). The molecule has 3 nitrogen and oxygen atoms in total. The van der Waals surface area contributed by atoms with Crippen molar-refractivity contribution < 1.29 is 9.67 Å². The maximum Gasteiger partial charge on any atom is 0.191 e. The number of hydrogen-bond donors (Lipinski definition) is 1. The van der Waals surface area contributed by atoms with Crippen molar-refractivity contribution in [1.82, 2.24) is 4.98 Å². The molecule has 21 heavy (non-hydrogen) atoms. The fourth-order valence-electron chi connectivity index (χ4n) is 2.29. The van der Waals surface area contributed by atoms with Crippen LogP contribution >= 0.6 is 0 Å². The van der Waals surface area contributed by atoms with Crippen LogP contribution < -0.4 is 4.57 Å². The smallest absolute Gasteiger partial charge is 0.191 e. The van der Waals surface area contributed by atoms with Gasteiger partial charge in [-0.1, -0.05) is 42.5 Å². The Bertz CT molecular complexity index is 709. The number of aromatic hydroxyl groups is 1. The first kappa shape index (κ1) is 13.3. The molecule has 0 aliphatic heterocycles. The lowest BCUT2D eigenvalue weighted by Crippen LogP contribution is -2.34. The molecule has 3 heteroatoms. The van der Waals surface area contributed by atoms with Gasteiger partial charge < -0.3 is 5.11 Å². The largest absolute Gasteiger partial charge is 0.508 e. The van der Waals surface area contributed by atoms with Gasteiger partial charge in [-0.2, -0.15) is 4.57 Å². The summed E-state index contributed by atoms with van der Waals surface area (Å²) in [6.07, 6.45) is 6.64. The first-order chi connectivity index (χ1) is 10.3. The van der Waals surface area contributed by atoms with E-state index >= 15 is 0 Å². The van der Waals surface area contributed by atoms with E-state index in [0.717, 1.165) is 24.2 Å². The molecule has 0 bridgehead atoms. The average Bonchev–Trinajstić information content (AvgIpc) is 2.51. The van der Waals surface area contributed by atoms with Gasteiger partial charge >= 0.3 is 0 Å². The van der Waals surface area contributed by atoms with E-state index in [2.05, 4.69) is 40.0 Å². The van der Waals surface area contributed by atoms with E-state index in [-0.39, 0.29) is 0 Å². The molecule has 1 N–H and O–H groups in total. The third-order valence-electron chi connectivity index (χ3n) is 3.34. The summed E-state index contributed by atoms with van der Waals surface area (Å²) in [5.74, 6) is 0.291. The van der Waals surface area contributed by atoms with Crippen LogP contribution in [0.3, 0.4) is 0 Å². The van der Waals surface area contributed by atoms with Gasteiger partial charge in [-0.15, -0.1) is 0 Å². The maximum atomic E-state index is 9.31. The molecule has 0 atom stereocenters. The van der Waals surface area contributed by atoms with Crippen LogP contribution in [0.4, 0.5) is 0 Å². The van der Waals surface area contributed by atoms with Gasteiger partial charge in [0.15, 0.2) is 18.9 Å². The Hall–Kier alpha value is -2.68. The first-order valence-corrected chi connectivity index (χ1v) is 6.95. The van der Waals surface area contributed by atoms with Crippen molar-refractivity contribution in [3.63, 3.8) is 0 Å². The lowest BCUT2D eigenvalue weighted by molar-refractivity contribution is -0.689. The quantitative estimate of drug-likeness (QED) is 0.744. The van der Waals surface area contributed by atoms with Gasteiger partial charge in [-0.3, -0.25) is 0 Å². The Morgan fingerprint density at radius 1 is 0.905 bits per heavy atom. The molecule has 3 aromatic rings. The van der Waals surface area contributed by atoms with E-state index in [4.69, 9.17) is 0 Å². The molecule has 104 valence electrons. The molecular weight excluding hydrogens is 260 g/mol. The summed E-state index contributed by atoms with van der Waals surface area (Å²) in [5.41, 5.74) is 3.42. The predicted molar refractivity (Wildman–Crippen MR) is 80.9 cm³/mol. The zero-order valence-corrected chi connectivity index (χ0v) is 11.7. The fraction of sp³-hybridized carbons (Fsp3) is 0.111. The molecule has 0 unspecified atom stereocenters. The van der Waals surface area contributed by atoms with E-state index in [0.29, 0.717) is 5.75 Å². The number of nitrogens with zero attached hydrogens (tertiary/aromatic N) is 2. The van der Waals surface area contributed by atoms with E-state index in [1.165, 1.54) is 5.56 Å². The summed E-state index contributed by atoms with van der Waals surface area (Å²) >= 11 is 0. The second-order valence-corrected chi connectivity index (χ2v) is 5.05. The molecule has 0 aliphatic carbocycles. The number of hydrogen-bond acceptors (Lipinski definition) is 2. The lowest BCUT2D eigenvalue weighted by atomic mass is 10.1. The number of aromatic nitrogens is 2. The maximum absolute atomic E-state index is 9.31. The van der Waals surface area contributed by atoms with Gasteiger partial charge in [0.25, 0.3) is 0 Å². The highest BCUT2D eigenvalue weighted by Gasteiger charge is 2.06. The van der Waals surface area contributed by atoms with Crippen LogP contribution in [-0.2, 0) is 13.0 Å². The second kappa shape index (κ2) is 6.18. The third kappa shape index (κ3) is 3.66. The van der Waals surface area contributed by atoms with Crippen LogP contribution in [0.15, 0.2) is 73.2 Å². The van der Waals surface area contributed by atoms with Crippen molar-refractivity contribution >= 4 is 0 Å². The summed E-state index contributed by atoms with van der Waals surface area (Å²) in [5, 5.41) is 9.31. The highest BCUT2D eigenvalue weighted by molar-refractivity contribution is 5.28. The first-order valence-electron chi connectivity index (χ1n) is 6.95. The molecule has 0 spiro atoms. The van der Waals surface area contributed by atoms with Crippen molar-refractivity contribution in [3.8, 4) is 5.75 Å². The molecule has 1 aromatic heterocycles. The summed E-state index contributed by atoms with van der Waals surface area (Å²) in [7, 11) is 0. The lowest BCUT2D eigenvalue weighted by Gasteiger charge is -2.02. The molecule has 2 aromatic carbocycles. The molecule has 0 saturated heterocycles. The van der Waals surface area contributed by atoms with Gasteiger partial charge in [0, 0.05) is 12.0 Å². The Morgan fingerprint density at radius 3 is 2.43 bits per heavy atom. The van der Waals surface area contributed by atoms with Crippen molar-refractivity contribution in [3.05, 3.63) is 90.0 Å². The number of rotatable bonds is 4.